The lowest BCUT2D eigenvalue weighted by atomic mass is 10.3. The number of ether oxygens (including phenoxy) is 1. The van der Waals surface area contributed by atoms with Gasteiger partial charge in [0, 0.05) is 13.7 Å². The van der Waals surface area contributed by atoms with Crippen molar-refractivity contribution in [2.75, 3.05) is 39.9 Å². The monoisotopic (exact) mass is 188 g/mol. The summed E-state index contributed by atoms with van der Waals surface area (Å²) in [6.07, 6.45) is 3.60. The Kier molecular flexibility index (Phi) is 11.8. The summed E-state index contributed by atoms with van der Waals surface area (Å²) in [5, 5.41) is 6.71. The Morgan fingerprint density at radius 2 is 1.62 bits per heavy atom. The molecule has 0 heterocycles. The average molecular weight is 188 g/mol. The van der Waals surface area contributed by atoms with Crippen LogP contribution >= 0.6 is 0 Å². The average Bonchev–Trinajstić information content (AvgIpc) is 2.16. The maximum atomic E-state index is 4.96. The summed E-state index contributed by atoms with van der Waals surface area (Å²) in [7, 11) is 1.75. The molecule has 0 aromatic rings. The normalized spacial score (nSPS) is 10.6. The van der Waals surface area contributed by atoms with E-state index in [0.29, 0.717) is 0 Å². The smallest absolute Gasteiger partial charge is 0.0462 e. The fourth-order valence-electron chi connectivity index (χ4n) is 1.14. The van der Waals surface area contributed by atoms with Gasteiger partial charge in [-0.1, -0.05) is 6.92 Å². The molecule has 0 bridgehead atoms. The van der Waals surface area contributed by atoms with Gasteiger partial charge < -0.3 is 15.4 Å². The molecule has 3 heteroatoms. The number of hydrogen-bond acceptors (Lipinski definition) is 3. The van der Waals surface area contributed by atoms with E-state index in [9.17, 15) is 0 Å². The summed E-state index contributed by atoms with van der Waals surface area (Å²) >= 11 is 0. The van der Waals surface area contributed by atoms with E-state index in [1.54, 1.807) is 7.11 Å². The minimum absolute atomic E-state index is 0.888. The SMILES string of the molecule is CCNCCCNCCCCOC. The molecule has 0 radical (unpaired) electrons. The minimum Gasteiger partial charge on any atom is -0.385 e. The van der Waals surface area contributed by atoms with E-state index in [1.165, 1.54) is 12.8 Å². The Morgan fingerprint density at radius 1 is 0.923 bits per heavy atom. The zero-order valence-electron chi connectivity index (χ0n) is 9.07. The van der Waals surface area contributed by atoms with Crippen molar-refractivity contribution in [3.63, 3.8) is 0 Å². The van der Waals surface area contributed by atoms with E-state index in [2.05, 4.69) is 17.6 Å². The Balaban J connectivity index is 2.76. The lowest BCUT2D eigenvalue weighted by Crippen LogP contribution is -2.22. The molecular weight excluding hydrogens is 164 g/mol. The summed E-state index contributed by atoms with van der Waals surface area (Å²) in [5.74, 6) is 0. The molecule has 0 unspecified atom stereocenters. The molecule has 0 amide bonds. The summed E-state index contributed by atoms with van der Waals surface area (Å²) in [5.41, 5.74) is 0. The van der Waals surface area contributed by atoms with E-state index < -0.39 is 0 Å². The Labute approximate surface area is 82.2 Å². The molecule has 0 saturated carbocycles. The maximum Gasteiger partial charge on any atom is 0.0462 e. The zero-order chi connectivity index (χ0) is 9.78. The van der Waals surface area contributed by atoms with Gasteiger partial charge in [0.25, 0.3) is 0 Å². The summed E-state index contributed by atoms with van der Waals surface area (Å²) in [6.45, 7) is 7.47. The predicted molar refractivity (Wildman–Crippen MR) is 57.1 cm³/mol. The molecule has 0 aliphatic heterocycles. The molecule has 3 nitrogen and oxygen atoms in total. The zero-order valence-corrected chi connectivity index (χ0v) is 9.07. The maximum absolute atomic E-state index is 4.96. The fourth-order valence-corrected chi connectivity index (χ4v) is 1.14. The first kappa shape index (κ1) is 12.9. The molecule has 0 aromatic heterocycles. The van der Waals surface area contributed by atoms with Gasteiger partial charge in [-0.2, -0.15) is 0 Å². The first-order valence-corrected chi connectivity index (χ1v) is 5.32. The minimum atomic E-state index is 0.888. The highest BCUT2D eigenvalue weighted by molar-refractivity contribution is 4.50. The van der Waals surface area contributed by atoms with Crippen LogP contribution in [0, 0.1) is 0 Å². The molecule has 0 atom stereocenters. The third kappa shape index (κ3) is 11.9. The first-order chi connectivity index (χ1) is 6.41. The van der Waals surface area contributed by atoms with E-state index in [1.807, 2.05) is 0 Å². The third-order valence-electron chi connectivity index (χ3n) is 1.91. The summed E-state index contributed by atoms with van der Waals surface area (Å²) in [4.78, 5) is 0. The Bertz CT molecular complexity index is 79.0. The van der Waals surface area contributed by atoms with Gasteiger partial charge in [0.2, 0.25) is 0 Å². The number of hydrogen-bond donors (Lipinski definition) is 2. The van der Waals surface area contributed by atoms with Crippen molar-refractivity contribution in [3.8, 4) is 0 Å². The molecule has 0 fully saturated rings. The molecule has 0 aromatic carbocycles. The van der Waals surface area contributed by atoms with Crippen molar-refractivity contribution in [1.82, 2.24) is 10.6 Å². The summed E-state index contributed by atoms with van der Waals surface area (Å²) in [6, 6.07) is 0. The molecule has 80 valence electrons. The van der Waals surface area contributed by atoms with Gasteiger partial charge in [-0.25, -0.2) is 0 Å². The van der Waals surface area contributed by atoms with Crippen molar-refractivity contribution in [2.45, 2.75) is 26.2 Å². The van der Waals surface area contributed by atoms with Crippen LogP contribution in [0.2, 0.25) is 0 Å². The van der Waals surface area contributed by atoms with Gasteiger partial charge in [0.15, 0.2) is 0 Å². The Hall–Kier alpha value is -0.120. The largest absolute Gasteiger partial charge is 0.385 e. The Morgan fingerprint density at radius 3 is 2.31 bits per heavy atom. The van der Waals surface area contributed by atoms with Crippen molar-refractivity contribution in [1.29, 1.82) is 0 Å². The fraction of sp³-hybridized carbons (Fsp3) is 1.00. The molecule has 0 saturated heterocycles. The predicted octanol–water partition coefficient (Wildman–Crippen LogP) is 1.00. The number of unbranched alkanes of at least 4 members (excludes halogenated alkanes) is 1. The molecular formula is C10H24N2O. The second-order valence-corrected chi connectivity index (χ2v) is 3.16. The molecule has 13 heavy (non-hydrogen) atoms. The molecule has 0 spiro atoms. The van der Waals surface area contributed by atoms with Crippen LogP contribution in [0.5, 0.6) is 0 Å². The van der Waals surface area contributed by atoms with E-state index in [-0.39, 0.29) is 0 Å². The van der Waals surface area contributed by atoms with Crippen molar-refractivity contribution >= 4 is 0 Å². The third-order valence-corrected chi connectivity index (χ3v) is 1.91. The van der Waals surface area contributed by atoms with Gasteiger partial charge in [0.1, 0.15) is 0 Å². The quantitative estimate of drug-likeness (QED) is 0.502. The van der Waals surface area contributed by atoms with E-state index in [0.717, 1.165) is 39.2 Å². The van der Waals surface area contributed by atoms with Gasteiger partial charge in [-0.3, -0.25) is 0 Å². The number of nitrogens with one attached hydrogen (secondary N) is 2. The van der Waals surface area contributed by atoms with Crippen molar-refractivity contribution < 1.29 is 4.74 Å². The van der Waals surface area contributed by atoms with Crippen LogP contribution in [0.1, 0.15) is 26.2 Å². The van der Waals surface area contributed by atoms with Crippen LogP contribution in [0.4, 0.5) is 0 Å². The van der Waals surface area contributed by atoms with Gasteiger partial charge in [0.05, 0.1) is 0 Å². The second kappa shape index (κ2) is 11.9. The topological polar surface area (TPSA) is 33.3 Å². The number of rotatable bonds is 10. The van der Waals surface area contributed by atoms with Crippen LogP contribution < -0.4 is 10.6 Å². The first-order valence-electron chi connectivity index (χ1n) is 5.32. The van der Waals surface area contributed by atoms with Gasteiger partial charge in [-0.05, 0) is 45.4 Å². The molecule has 2 N–H and O–H groups in total. The lowest BCUT2D eigenvalue weighted by Gasteiger charge is -2.04. The lowest BCUT2D eigenvalue weighted by molar-refractivity contribution is 0.192. The van der Waals surface area contributed by atoms with Crippen LogP contribution in [-0.4, -0.2) is 39.9 Å². The molecule has 0 aliphatic carbocycles. The van der Waals surface area contributed by atoms with Crippen LogP contribution in [-0.2, 0) is 4.74 Å². The molecule has 0 rings (SSSR count). The van der Waals surface area contributed by atoms with Gasteiger partial charge in [-0.15, -0.1) is 0 Å². The van der Waals surface area contributed by atoms with Crippen LogP contribution in [0.3, 0.4) is 0 Å². The van der Waals surface area contributed by atoms with Gasteiger partial charge >= 0.3 is 0 Å². The highest BCUT2D eigenvalue weighted by atomic mass is 16.5. The van der Waals surface area contributed by atoms with E-state index >= 15 is 0 Å². The summed E-state index contributed by atoms with van der Waals surface area (Å²) < 4.78 is 4.96. The highest BCUT2D eigenvalue weighted by Crippen LogP contribution is 1.86. The van der Waals surface area contributed by atoms with E-state index in [4.69, 9.17) is 4.74 Å². The molecule has 0 aliphatic rings. The van der Waals surface area contributed by atoms with Crippen LogP contribution in [0.15, 0.2) is 0 Å². The van der Waals surface area contributed by atoms with Crippen molar-refractivity contribution in [3.05, 3.63) is 0 Å². The second-order valence-electron chi connectivity index (χ2n) is 3.16. The van der Waals surface area contributed by atoms with Crippen LogP contribution in [0.25, 0.3) is 0 Å². The standard InChI is InChI=1S/C10H24N2O/c1-3-11-8-6-9-12-7-4-5-10-13-2/h11-12H,3-10H2,1-2H3. The van der Waals surface area contributed by atoms with Crippen molar-refractivity contribution in [2.24, 2.45) is 0 Å². The number of methoxy groups -OCH3 is 1. The highest BCUT2D eigenvalue weighted by Gasteiger charge is 1.88.